The number of hydrogen-bond acceptors (Lipinski definition) is 3. The Morgan fingerprint density at radius 3 is 2.61 bits per heavy atom. The van der Waals surface area contributed by atoms with Crippen LogP contribution in [0.25, 0.3) is 11.1 Å². The molecular weight excluding hydrogens is 357 g/mol. The van der Waals surface area contributed by atoms with Crippen LogP contribution in [0.3, 0.4) is 0 Å². The summed E-state index contributed by atoms with van der Waals surface area (Å²) in [4.78, 5) is 11.0. The van der Waals surface area contributed by atoms with Gasteiger partial charge < -0.3 is 15.6 Å². The van der Waals surface area contributed by atoms with Crippen molar-refractivity contribution in [2.75, 3.05) is 0 Å². The van der Waals surface area contributed by atoms with Gasteiger partial charge in [-0.1, -0.05) is 54.6 Å². The van der Waals surface area contributed by atoms with Crippen LogP contribution in [-0.4, -0.2) is 11.1 Å². The molecule has 1 atom stereocenters. The van der Waals surface area contributed by atoms with Crippen LogP contribution >= 0.6 is 0 Å². The molecule has 3 rings (SSSR count). The number of aliphatic carboxylic acids is 1. The maximum atomic E-state index is 14.8. The molecule has 144 valence electrons. The number of benzene rings is 3. The van der Waals surface area contributed by atoms with Crippen molar-refractivity contribution < 1.29 is 19.0 Å². The Hall–Kier alpha value is -3.18. The van der Waals surface area contributed by atoms with Crippen molar-refractivity contribution in [3.05, 3.63) is 89.2 Å². The molecular formula is C23H22FNO3. The largest absolute Gasteiger partial charge is 0.489 e. The third kappa shape index (κ3) is 4.56. The quantitative estimate of drug-likeness (QED) is 0.623. The zero-order chi connectivity index (χ0) is 20.1. The van der Waals surface area contributed by atoms with Crippen LogP contribution in [0.2, 0.25) is 0 Å². The number of carboxylic acids is 1. The van der Waals surface area contributed by atoms with Gasteiger partial charge in [0.1, 0.15) is 18.2 Å². The van der Waals surface area contributed by atoms with E-state index in [-0.39, 0.29) is 18.8 Å². The van der Waals surface area contributed by atoms with Crippen molar-refractivity contribution in [2.24, 2.45) is 5.73 Å². The smallest absolute Gasteiger partial charge is 0.307 e. The number of hydrogen-bond donors (Lipinski definition) is 2. The van der Waals surface area contributed by atoms with Crippen LogP contribution in [0.15, 0.2) is 66.7 Å². The van der Waals surface area contributed by atoms with Crippen molar-refractivity contribution in [3.63, 3.8) is 0 Å². The maximum absolute atomic E-state index is 14.8. The predicted molar refractivity (Wildman–Crippen MR) is 107 cm³/mol. The summed E-state index contributed by atoms with van der Waals surface area (Å²) in [6, 6.07) is 19.3. The summed E-state index contributed by atoms with van der Waals surface area (Å²) < 4.78 is 20.6. The predicted octanol–water partition coefficient (Wildman–Crippen LogP) is 4.72. The monoisotopic (exact) mass is 379 g/mol. The molecule has 0 heterocycles. The lowest BCUT2D eigenvalue weighted by Crippen LogP contribution is -2.08. The van der Waals surface area contributed by atoms with E-state index in [9.17, 15) is 9.18 Å². The second-order valence-corrected chi connectivity index (χ2v) is 6.66. The molecule has 0 aliphatic carbocycles. The lowest BCUT2D eigenvalue weighted by molar-refractivity contribution is -0.136. The molecule has 0 saturated heterocycles. The number of rotatable bonds is 7. The average molecular weight is 379 g/mol. The molecule has 5 heteroatoms. The van der Waals surface area contributed by atoms with Crippen LogP contribution in [-0.2, 0) is 17.8 Å². The molecule has 4 nitrogen and oxygen atoms in total. The van der Waals surface area contributed by atoms with Crippen LogP contribution < -0.4 is 10.5 Å². The van der Waals surface area contributed by atoms with Gasteiger partial charge in [-0.05, 0) is 30.2 Å². The molecule has 0 saturated carbocycles. The van der Waals surface area contributed by atoms with Crippen molar-refractivity contribution in [1.29, 1.82) is 0 Å². The van der Waals surface area contributed by atoms with Gasteiger partial charge >= 0.3 is 5.97 Å². The van der Waals surface area contributed by atoms with Gasteiger partial charge in [-0.15, -0.1) is 0 Å². The second kappa shape index (κ2) is 8.67. The van der Waals surface area contributed by atoms with Crippen molar-refractivity contribution in [1.82, 2.24) is 0 Å². The first-order chi connectivity index (χ1) is 13.5. The first-order valence-corrected chi connectivity index (χ1v) is 9.01. The number of carbonyl (C=O) groups is 1. The first-order valence-electron chi connectivity index (χ1n) is 9.01. The van der Waals surface area contributed by atoms with E-state index in [0.29, 0.717) is 22.4 Å². The van der Waals surface area contributed by atoms with E-state index in [1.54, 1.807) is 49.4 Å². The highest BCUT2D eigenvalue weighted by atomic mass is 19.1. The minimum absolute atomic E-state index is 0.106. The summed E-state index contributed by atoms with van der Waals surface area (Å²) in [5.74, 6) is -0.703. The summed E-state index contributed by atoms with van der Waals surface area (Å²) >= 11 is 0. The van der Waals surface area contributed by atoms with Crippen molar-refractivity contribution in [3.8, 4) is 16.9 Å². The van der Waals surface area contributed by atoms with Crippen LogP contribution in [0, 0.1) is 5.82 Å². The van der Waals surface area contributed by atoms with E-state index in [0.717, 1.165) is 11.1 Å². The molecule has 0 aliphatic heterocycles. The van der Waals surface area contributed by atoms with Crippen LogP contribution in [0.5, 0.6) is 5.75 Å². The summed E-state index contributed by atoms with van der Waals surface area (Å²) in [6.07, 6.45) is -0.106. The fourth-order valence-corrected chi connectivity index (χ4v) is 3.07. The number of carboxylic acid groups (broad SMARTS) is 1. The highest BCUT2D eigenvalue weighted by Crippen LogP contribution is 2.28. The van der Waals surface area contributed by atoms with Crippen LogP contribution in [0.1, 0.15) is 29.7 Å². The molecule has 0 aliphatic rings. The third-order valence-corrected chi connectivity index (χ3v) is 4.47. The minimum Gasteiger partial charge on any atom is -0.489 e. The SMILES string of the molecule is C[C@H](N)c1cccc(-c2cccc(COc3ccccc3CC(=O)O)c2)c1F. The molecule has 3 N–H and O–H groups in total. The maximum Gasteiger partial charge on any atom is 0.307 e. The minimum atomic E-state index is -0.914. The van der Waals surface area contributed by atoms with Gasteiger partial charge in [0.25, 0.3) is 0 Å². The molecule has 0 amide bonds. The Morgan fingerprint density at radius 1 is 1.11 bits per heavy atom. The van der Waals surface area contributed by atoms with E-state index in [4.69, 9.17) is 15.6 Å². The molecule has 0 bridgehead atoms. The topological polar surface area (TPSA) is 72.5 Å². The zero-order valence-corrected chi connectivity index (χ0v) is 15.6. The molecule has 0 spiro atoms. The third-order valence-electron chi connectivity index (χ3n) is 4.47. The Kier molecular flexibility index (Phi) is 6.06. The second-order valence-electron chi connectivity index (χ2n) is 6.66. The molecule has 3 aromatic rings. The Morgan fingerprint density at radius 2 is 1.86 bits per heavy atom. The van der Waals surface area contributed by atoms with Crippen molar-refractivity contribution >= 4 is 5.97 Å². The van der Waals surface area contributed by atoms with Gasteiger partial charge in [0, 0.05) is 22.7 Å². The lowest BCUT2D eigenvalue weighted by atomic mass is 9.98. The van der Waals surface area contributed by atoms with Gasteiger partial charge in [-0.2, -0.15) is 0 Å². The summed E-state index contributed by atoms with van der Waals surface area (Å²) in [7, 11) is 0. The van der Waals surface area contributed by atoms with Gasteiger partial charge in [-0.3, -0.25) is 4.79 Å². The Balaban J connectivity index is 1.82. The lowest BCUT2D eigenvalue weighted by Gasteiger charge is -2.13. The number of nitrogens with two attached hydrogens (primary N) is 1. The van der Waals surface area contributed by atoms with E-state index < -0.39 is 12.0 Å². The first kappa shape index (κ1) is 19.6. The Bertz CT molecular complexity index is 985. The highest BCUT2D eigenvalue weighted by molar-refractivity contribution is 5.71. The fraction of sp³-hybridized carbons (Fsp3) is 0.174. The fourth-order valence-electron chi connectivity index (χ4n) is 3.07. The van der Waals surface area contributed by atoms with E-state index in [2.05, 4.69) is 0 Å². The summed E-state index contributed by atoms with van der Waals surface area (Å²) in [6.45, 7) is 2.00. The molecule has 0 radical (unpaired) electrons. The van der Waals surface area contributed by atoms with Crippen molar-refractivity contribution in [2.45, 2.75) is 26.0 Å². The number of ether oxygens (including phenoxy) is 1. The molecule has 3 aromatic carbocycles. The number of para-hydroxylation sites is 1. The standard InChI is InChI=1S/C23H22FNO3/c1-15(25)19-9-5-10-20(23(19)24)17-8-4-6-16(12-17)14-28-21-11-3-2-7-18(21)13-22(26)27/h2-12,15H,13-14,25H2,1H3,(H,26,27)/t15-/m0/s1. The molecule has 0 fully saturated rings. The van der Waals surface area contributed by atoms with Gasteiger partial charge in [-0.25, -0.2) is 4.39 Å². The number of halogens is 1. The van der Waals surface area contributed by atoms with Gasteiger partial charge in [0.2, 0.25) is 0 Å². The highest BCUT2D eigenvalue weighted by Gasteiger charge is 2.13. The summed E-state index contributed by atoms with van der Waals surface area (Å²) in [5.41, 5.74) is 9.02. The van der Waals surface area contributed by atoms with E-state index in [1.165, 1.54) is 0 Å². The van der Waals surface area contributed by atoms with Crippen LogP contribution in [0.4, 0.5) is 4.39 Å². The molecule has 0 unspecified atom stereocenters. The van der Waals surface area contributed by atoms with Gasteiger partial charge in [0.15, 0.2) is 0 Å². The van der Waals surface area contributed by atoms with E-state index in [1.807, 2.05) is 24.3 Å². The summed E-state index contributed by atoms with van der Waals surface area (Å²) in [5, 5.41) is 9.03. The molecule has 0 aromatic heterocycles. The zero-order valence-electron chi connectivity index (χ0n) is 15.6. The average Bonchev–Trinajstić information content (AvgIpc) is 2.67. The molecule has 28 heavy (non-hydrogen) atoms. The normalized spacial score (nSPS) is 11.8. The van der Waals surface area contributed by atoms with Gasteiger partial charge in [0.05, 0.1) is 6.42 Å². The van der Waals surface area contributed by atoms with E-state index >= 15 is 0 Å². The Labute approximate surface area is 163 Å².